The van der Waals surface area contributed by atoms with E-state index in [-0.39, 0.29) is 0 Å². The van der Waals surface area contributed by atoms with Crippen molar-refractivity contribution in [2.75, 3.05) is 4.90 Å². The molecule has 4 rings (SSSR count). The molecule has 1 amide bonds. The number of carbonyl (C=O) groups is 1. The van der Waals surface area contributed by atoms with E-state index in [2.05, 4.69) is 31.9 Å². The maximum Gasteiger partial charge on any atom is 0.424 e. The van der Waals surface area contributed by atoms with Crippen molar-refractivity contribution >= 4 is 60.1 Å². The number of hydrogen-bond donors (Lipinski definition) is 0. The Labute approximate surface area is 179 Å². The quantitative estimate of drug-likeness (QED) is 0.290. The predicted molar refractivity (Wildman–Crippen MR) is 120 cm³/mol. The van der Waals surface area contributed by atoms with E-state index in [1.807, 2.05) is 84.9 Å². The van der Waals surface area contributed by atoms with Crippen LogP contribution in [0.5, 0.6) is 5.75 Å². The SMILES string of the molecule is O=C(Oc1ccc2cc(Br)ccc2c1Br)N(c1ccccc1)c1ccccc1. The molecule has 0 radical (unpaired) electrons. The molecule has 4 aromatic rings. The summed E-state index contributed by atoms with van der Waals surface area (Å²) in [6.45, 7) is 0. The van der Waals surface area contributed by atoms with Crippen molar-refractivity contribution in [3.05, 3.63) is 99.9 Å². The van der Waals surface area contributed by atoms with Crippen LogP contribution in [-0.4, -0.2) is 6.09 Å². The Kier molecular flexibility index (Phi) is 5.46. The third kappa shape index (κ3) is 3.81. The molecule has 0 fully saturated rings. The van der Waals surface area contributed by atoms with Gasteiger partial charge in [0.15, 0.2) is 0 Å². The van der Waals surface area contributed by atoms with Gasteiger partial charge in [-0.15, -0.1) is 0 Å². The maximum atomic E-state index is 13.1. The average molecular weight is 497 g/mol. The van der Waals surface area contributed by atoms with E-state index in [1.54, 1.807) is 11.0 Å². The molecule has 0 aliphatic rings. The van der Waals surface area contributed by atoms with Gasteiger partial charge in [-0.05, 0) is 69.2 Å². The number of nitrogens with zero attached hydrogens (tertiary/aromatic N) is 1. The molecule has 138 valence electrons. The lowest BCUT2D eigenvalue weighted by molar-refractivity contribution is 0.210. The first-order valence-electron chi connectivity index (χ1n) is 8.63. The smallest absolute Gasteiger partial charge is 0.408 e. The number of ether oxygens (including phenoxy) is 1. The first kappa shape index (κ1) is 18.7. The summed E-state index contributed by atoms with van der Waals surface area (Å²) in [4.78, 5) is 14.7. The largest absolute Gasteiger partial charge is 0.424 e. The average Bonchev–Trinajstić information content (AvgIpc) is 2.72. The van der Waals surface area contributed by atoms with Crippen LogP contribution in [0.15, 0.2) is 99.9 Å². The minimum absolute atomic E-state index is 0.469. The molecular formula is C23H15Br2NO2. The third-order valence-corrected chi connectivity index (χ3v) is 5.60. The van der Waals surface area contributed by atoms with Crippen LogP contribution in [-0.2, 0) is 0 Å². The first-order valence-corrected chi connectivity index (χ1v) is 10.2. The van der Waals surface area contributed by atoms with Gasteiger partial charge >= 0.3 is 6.09 Å². The molecular weight excluding hydrogens is 482 g/mol. The van der Waals surface area contributed by atoms with E-state index < -0.39 is 6.09 Å². The molecule has 4 aromatic carbocycles. The Morgan fingerprint density at radius 1 is 0.750 bits per heavy atom. The number of fused-ring (bicyclic) bond motifs is 1. The zero-order valence-electron chi connectivity index (χ0n) is 14.7. The van der Waals surface area contributed by atoms with Crippen molar-refractivity contribution in [2.24, 2.45) is 0 Å². The summed E-state index contributed by atoms with van der Waals surface area (Å²) in [5, 5.41) is 2.02. The van der Waals surface area contributed by atoms with Crippen LogP contribution >= 0.6 is 31.9 Å². The Balaban J connectivity index is 1.71. The minimum Gasteiger partial charge on any atom is -0.408 e. The van der Waals surface area contributed by atoms with Gasteiger partial charge in [-0.3, -0.25) is 0 Å². The van der Waals surface area contributed by atoms with Crippen molar-refractivity contribution in [3.63, 3.8) is 0 Å². The van der Waals surface area contributed by atoms with Gasteiger partial charge in [0.1, 0.15) is 5.75 Å². The van der Waals surface area contributed by atoms with Crippen molar-refractivity contribution < 1.29 is 9.53 Å². The zero-order valence-corrected chi connectivity index (χ0v) is 17.9. The summed E-state index contributed by atoms with van der Waals surface area (Å²) in [5.41, 5.74) is 1.47. The number of para-hydroxylation sites is 2. The fraction of sp³-hybridized carbons (Fsp3) is 0. The molecule has 0 N–H and O–H groups in total. The van der Waals surface area contributed by atoms with Gasteiger partial charge in [-0.1, -0.05) is 64.5 Å². The molecule has 0 heterocycles. The van der Waals surface area contributed by atoms with Crippen LogP contribution in [0.3, 0.4) is 0 Å². The lowest BCUT2D eigenvalue weighted by Gasteiger charge is -2.22. The molecule has 0 aliphatic heterocycles. The number of rotatable bonds is 3. The molecule has 0 spiro atoms. The Hall–Kier alpha value is -2.63. The second-order valence-corrected chi connectivity index (χ2v) is 7.83. The Bertz CT molecular complexity index is 1090. The highest BCUT2D eigenvalue weighted by molar-refractivity contribution is 9.11. The summed E-state index contributed by atoms with van der Waals surface area (Å²) in [6.07, 6.45) is -0.477. The standard InChI is InChI=1S/C23H15Br2NO2/c24-17-12-13-20-16(15-17)11-14-21(22(20)25)28-23(27)26(18-7-3-1-4-8-18)19-9-5-2-6-10-19/h1-15H. The second-order valence-electron chi connectivity index (χ2n) is 6.12. The summed E-state index contributed by atoms with van der Waals surface area (Å²) >= 11 is 7.06. The van der Waals surface area contributed by atoms with Crippen LogP contribution in [0.1, 0.15) is 0 Å². The van der Waals surface area contributed by atoms with Gasteiger partial charge < -0.3 is 4.74 Å². The molecule has 5 heteroatoms. The molecule has 0 unspecified atom stereocenters. The number of hydrogen-bond acceptors (Lipinski definition) is 2. The van der Waals surface area contributed by atoms with E-state index in [9.17, 15) is 4.79 Å². The molecule has 3 nitrogen and oxygen atoms in total. The monoisotopic (exact) mass is 495 g/mol. The fourth-order valence-corrected chi connectivity index (χ4v) is 3.93. The maximum absolute atomic E-state index is 13.1. The number of benzene rings is 4. The van der Waals surface area contributed by atoms with Crippen LogP contribution in [0.2, 0.25) is 0 Å². The highest BCUT2D eigenvalue weighted by atomic mass is 79.9. The van der Waals surface area contributed by atoms with E-state index in [4.69, 9.17) is 4.74 Å². The van der Waals surface area contributed by atoms with Crippen molar-refractivity contribution in [1.82, 2.24) is 0 Å². The molecule has 0 saturated carbocycles. The Morgan fingerprint density at radius 3 is 1.96 bits per heavy atom. The topological polar surface area (TPSA) is 29.5 Å². The van der Waals surface area contributed by atoms with Crippen LogP contribution in [0, 0.1) is 0 Å². The number of anilines is 2. The Morgan fingerprint density at radius 2 is 1.36 bits per heavy atom. The van der Waals surface area contributed by atoms with Gasteiger partial charge in [-0.2, -0.15) is 0 Å². The number of amides is 1. The molecule has 0 aliphatic carbocycles. The van der Waals surface area contributed by atoms with E-state index in [0.717, 1.165) is 31.1 Å². The summed E-state index contributed by atoms with van der Waals surface area (Å²) < 4.78 is 7.52. The lowest BCUT2D eigenvalue weighted by atomic mass is 10.1. The molecule has 0 bridgehead atoms. The molecule has 0 atom stereocenters. The van der Waals surface area contributed by atoms with Gasteiger partial charge in [0.2, 0.25) is 0 Å². The molecule has 28 heavy (non-hydrogen) atoms. The van der Waals surface area contributed by atoms with Crippen molar-refractivity contribution in [2.45, 2.75) is 0 Å². The molecule has 0 aromatic heterocycles. The highest BCUT2D eigenvalue weighted by Crippen LogP contribution is 2.35. The summed E-state index contributed by atoms with van der Waals surface area (Å²) in [7, 11) is 0. The van der Waals surface area contributed by atoms with Gasteiger partial charge in [0.05, 0.1) is 15.8 Å². The van der Waals surface area contributed by atoms with Gasteiger partial charge in [0, 0.05) is 4.47 Å². The summed E-state index contributed by atoms with van der Waals surface area (Å²) in [5.74, 6) is 0.469. The lowest BCUT2D eigenvalue weighted by Crippen LogP contribution is -2.29. The third-order valence-electron chi connectivity index (χ3n) is 4.29. The normalized spacial score (nSPS) is 10.6. The van der Waals surface area contributed by atoms with Crippen LogP contribution in [0.4, 0.5) is 16.2 Å². The van der Waals surface area contributed by atoms with E-state index in [0.29, 0.717) is 5.75 Å². The first-order chi connectivity index (χ1) is 13.6. The fourth-order valence-electron chi connectivity index (χ4n) is 2.98. The van der Waals surface area contributed by atoms with Crippen molar-refractivity contribution in [3.8, 4) is 5.75 Å². The number of halogens is 2. The molecule has 0 saturated heterocycles. The minimum atomic E-state index is -0.477. The predicted octanol–water partition coefficient (Wildman–Crippen LogP) is 7.70. The van der Waals surface area contributed by atoms with Gasteiger partial charge in [-0.25, -0.2) is 9.69 Å². The van der Waals surface area contributed by atoms with Gasteiger partial charge in [0.25, 0.3) is 0 Å². The van der Waals surface area contributed by atoms with Crippen LogP contribution in [0.25, 0.3) is 10.8 Å². The van der Waals surface area contributed by atoms with E-state index in [1.165, 1.54) is 0 Å². The van der Waals surface area contributed by atoms with Crippen LogP contribution < -0.4 is 9.64 Å². The zero-order chi connectivity index (χ0) is 19.5. The second kappa shape index (κ2) is 8.17. The summed E-state index contributed by atoms with van der Waals surface area (Å²) in [6, 6.07) is 28.6. The highest BCUT2D eigenvalue weighted by Gasteiger charge is 2.21. The van der Waals surface area contributed by atoms with Crippen molar-refractivity contribution in [1.29, 1.82) is 0 Å². The number of carbonyl (C=O) groups excluding carboxylic acids is 1. The van der Waals surface area contributed by atoms with E-state index >= 15 is 0 Å².